The molecule has 96 valence electrons. The molecule has 0 aliphatic heterocycles. The largest absolute Gasteiger partial charge is 0.481 e. The highest BCUT2D eigenvalue weighted by Gasteiger charge is 2.38. The number of aliphatic carboxylic acids is 1. The second-order valence-corrected chi connectivity index (χ2v) is 10.4. The molecule has 0 amide bonds. The topological polar surface area (TPSA) is 54.4 Å². The van der Waals surface area contributed by atoms with Crippen LogP contribution in [0.15, 0.2) is 0 Å². The summed E-state index contributed by atoms with van der Waals surface area (Å²) < 4.78 is 12.6. The molecule has 16 heavy (non-hydrogen) atoms. The van der Waals surface area contributed by atoms with E-state index in [1.54, 1.807) is 6.66 Å². The van der Waals surface area contributed by atoms with E-state index < -0.39 is 13.1 Å². The minimum absolute atomic E-state index is 0.00134. The van der Waals surface area contributed by atoms with E-state index in [1.807, 2.05) is 13.8 Å². The van der Waals surface area contributed by atoms with Crippen LogP contribution in [0, 0.1) is 5.41 Å². The van der Waals surface area contributed by atoms with Crippen LogP contribution >= 0.6 is 7.14 Å². The van der Waals surface area contributed by atoms with Gasteiger partial charge in [-0.15, -0.1) is 0 Å². The minimum Gasteiger partial charge on any atom is -0.481 e. The second kappa shape index (κ2) is 4.91. The van der Waals surface area contributed by atoms with E-state index in [9.17, 15) is 9.36 Å². The average Bonchev–Trinajstić information content (AvgIpc) is 1.95. The summed E-state index contributed by atoms with van der Waals surface area (Å²) in [5.74, 6) is -0.867. The maximum atomic E-state index is 12.6. The first-order chi connectivity index (χ1) is 6.87. The molecule has 0 saturated heterocycles. The molecule has 0 aliphatic rings. The van der Waals surface area contributed by atoms with Crippen LogP contribution < -0.4 is 0 Å². The van der Waals surface area contributed by atoms with Gasteiger partial charge < -0.3 is 9.67 Å². The zero-order valence-corrected chi connectivity index (χ0v) is 12.2. The zero-order valence-electron chi connectivity index (χ0n) is 11.3. The molecule has 1 unspecified atom stereocenters. The predicted octanol–water partition coefficient (Wildman–Crippen LogP) is 3.67. The van der Waals surface area contributed by atoms with Gasteiger partial charge in [-0.1, -0.05) is 34.6 Å². The van der Waals surface area contributed by atoms with Crippen molar-refractivity contribution in [1.29, 1.82) is 0 Å². The van der Waals surface area contributed by atoms with Gasteiger partial charge in [0.25, 0.3) is 0 Å². The van der Waals surface area contributed by atoms with Crippen LogP contribution in [-0.2, 0) is 9.36 Å². The Labute approximate surface area is 99.0 Å². The Bertz CT molecular complexity index is 300. The SMILES string of the molecule is CC(C)(C)CC(C)(C)P(C)(=O)CCC(=O)O. The summed E-state index contributed by atoms with van der Waals surface area (Å²) in [5, 5.41) is 8.36. The Morgan fingerprint density at radius 3 is 1.94 bits per heavy atom. The van der Waals surface area contributed by atoms with E-state index in [0.29, 0.717) is 6.16 Å². The van der Waals surface area contributed by atoms with Gasteiger partial charge in [-0.25, -0.2) is 0 Å². The third-order valence-electron chi connectivity index (χ3n) is 3.00. The van der Waals surface area contributed by atoms with Crippen molar-refractivity contribution in [2.24, 2.45) is 5.41 Å². The van der Waals surface area contributed by atoms with Gasteiger partial charge in [-0.05, 0) is 18.5 Å². The lowest BCUT2D eigenvalue weighted by Gasteiger charge is -2.37. The van der Waals surface area contributed by atoms with Gasteiger partial charge in [0, 0.05) is 11.3 Å². The molecule has 0 aliphatic carbocycles. The lowest BCUT2D eigenvalue weighted by Crippen LogP contribution is -2.28. The highest BCUT2D eigenvalue weighted by Crippen LogP contribution is 2.58. The summed E-state index contributed by atoms with van der Waals surface area (Å²) >= 11 is 0. The van der Waals surface area contributed by atoms with Crippen LogP contribution in [0.5, 0.6) is 0 Å². The number of carboxylic acid groups (broad SMARTS) is 1. The number of carboxylic acids is 1. The third-order valence-corrected chi connectivity index (χ3v) is 6.79. The van der Waals surface area contributed by atoms with Crippen molar-refractivity contribution >= 4 is 13.1 Å². The first-order valence-electron chi connectivity index (χ1n) is 5.66. The average molecular weight is 248 g/mol. The maximum Gasteiger partial charge on any atom is 0.303 e. The highest BCUT2D eigenvalue weighted by atomic mass is 31.2. The van der Waals surface area contributed by atoms with E-state index in [-0.39, 0.29) is 17.0 Å². The Balaban J connectivity index is 4.71. The normalized spacial score (nSPS) is 16.9. The molecule has 0 aromatic carbocycles. The minimum atomic E-state index is -2.43. The van der Waals surface area contributed by atoms with Gasteiger partial charge in [0.2, 0.25) is 0 Å². The van der Waals surface area contributed by atoms with E-state index in [1.165, 1.54) is 0 Å². The summed E-state index contributed by atoms with van der Waals surface area (Å²) in [6.45, 7) is 12.1. The van der Waals surface area contributed by atoms with Gasteiger partial charge in [0.1, 0.15) is 0 Å². The van der Waals surface area contributed by atoms with Crippen LogP contribution in [0.25, 0.3) is 0 Å². The van der Waals surface area contributed by atoms with Crippen molar-refractivity contribution in [2.75, 3.05) is 12.8 Å². The van der Waals surface area contributed by atoms with Crippen molar-refractivity contribution in [2.45, 2.75) is 52.6 Å². The summed E-state index contributed by atoms with van der Waals surface area (Å²) in [5.41, 5.74) is 0.110. The van der Waals surface area contributed by atoms with Crippen LogP contribution in [0.1, 0.15) is 47.5 Å². The molecular formula is C12H25O3P. The number of hydrogen-bond acceptors (Lipinski definition) is 2. The van der Waals surface area contributed by atoms with Crippen LogP contribution in [0.4, 0.5) is 0 Å². The van der Waals surface area contributed by atoms with Gasteiger partial charge >= 0.3 is 5.97 Å². The summed E-state index contributed by atoms with van der Waals surface area (Å²) in [4.78, 5) is 10.5. The first kappa shape index (κ1) is 15.7. The zero-order chi connectivity index (χ0) is 13.2. The van der Waals surface area contributed by atoms with Gasteiger partial charge in [-0.3, -0.25) is 4.79 Å². The fourth-order valence-electron chi connectivity index (χ4n) is 2.08. The molecule has 0 saturated carbocycles. The molecule has 0 aromatic heterocycles. The Morgan fingerprint density at radius 1 is 1.19 bits per heavy atom. The molecule has 0 spiro atoms. The first-order valence-corrected chi connectivity index (χ1v) is 8.00. The molecule has 0 radical (unpaired) electrons. The van der Waals surface area contributed by atoms with Gasteiger partial charge in [0.05, 0.1) is 13.6 Å². The van der Waals surface area contributed by atoms with Gasteiger partial charge in [0.15, 0.2) is 0 Å². The molecular weight excluding hydrogens is 223 g/mol. The number of hydrogen-bond donors (Lipinski definition) is 1. The Hall–Kier alpha value is -0.300. The fraction of sp³-hybridized carbons (Fsp3) is 0.917. The molecule has 1 atom stereocenters. The summed E-state index contributed by atoms with van der Waals surface area (Å²) in [6, 6.07) is 0. The van der Waals surface area contributed by atoms with Crippen molar-refractivity contribution < 1.29 is 14.5 Å². The molecule has 3 nitrogen and oxygen atoms in total. The van der Waals surface area contributed by atoms with E-state index in [2.05, 4.69) is 20.8 Å². The van der Waals surface area contributed by atoms with Crippen molar-refractivity contribution in [1.82, 2.24) is 0 Å². The molecule has 0 aromatic rings. The molecule has 0 heterocycles. The quantitative estimate of drug-likeness (QED) is 0.755. The van der Waals surface area contributed by atoms with E-state index in [4.69, 9.17) is 5.11 Å². The number of carbonyl (C=O) groups is 1. The Morgan fingerprint density at radius 2 is 1.62 bits per heavy atom. The summed E-state index contributed by atoms with van der Waals surface area (Å²) in [7, 11) is -2.43. The molecule has 1 N–H and O–H groups in total. The maximum absolute atomic E-state index is 12.6. The monoisotopic (exact) mass is 248 g/mol. The molecule has 0 fully saturated rings. The lowest BCUT2D eigenvalue weighted by atomic mass is 9.86. The van der Waals surface area contributed by atoms with Crippen molar-refractivity contribution in [3.63, 3.8) is 0 Å². The predicted molar refractivity (Wildman–Crippen MR) is 68.8 cm³/mol. The van der Waals surface area contributed by atoms with Gasteiger partial charge in [-0.2, -0.15) is 0 Å². The van der Waals surface area contributed by atoms with Crippen LogP contribution in [-0.4, -0.2) is 29.1 Å². The van der Waals surface area contributed by atoms with Crippen molar-refractivity contribution in [3.8, 4) is 0 Å². The third kappa shape index (κ3) is 5.16. The van der Waals surface area contributed by atoms with Crippen molar-refractivity contribution in [3.05, 3.63) is 0 Å². The summed E-state index contributed by atoms with van der Waals surface area (Å²) in [6.07, 6.45) is 1.14. The highest BCUT2D eigenvalue weighted by molar-refractivity contribution is 7.64. The van der Waals surface area contributed by atoms with Crippen LogP contribution in [0.3, 0.4) is 0 Å². The molecule has 0 bridgehead atoms. The fourth-order valence-corrected chi connectivity index (χ4v) is 4.11. The number of rotatable bonds is 5. The second-order valence-electron chi connectivity index (χ2n) is 6.52. The van der Waals surface area contributed by atoms with E-state index in [0.717, 1.165) is 6.42 Å². The van der Waals surface area contributed by atoms with Crippen LogP contribution in [0.2, 0.25) is 0 Å². The standard InChI is InChI=1S/C12H25O3P/c1-11(2,3)9-12(4,5)16(6,15)8-7-10(13)14/h7-9H2,1-6H3,(H,13,14). The van der Waals surface area contributed by atoms with E-state index >= 15 is 0 Å². The molecule has 4 heteroatoms. The lowest BCUT2D eigenvalue weighted by molar-refractivity contribution is -0.136. The molecule has 0 rings (SSSR count). The smallest absolute Gasteiger partial charge is 0.303 e. The Kier molecular flexibility index (Phi) is 4.82.